The number of aryl methyl sites for hydroxylation is 2. The van der Waals surface area contributed by atoms with Crippen molar-refractivity contribution in [2.24, 2.45) is 0 Å². The molecule has 1 aliphatic rings. The SMILES string of the molecule is Cc1ccc(C(C)NC(=O)CN2CCCCC2CCO)cc1C. The molecule has 0 bridgehead atoms. The normalized spacial score (nSPS) is 20.3. The van der Waals surface area contributed by atoms with Gasteiger partial charge in [-0.2, -0.15) is 0 Å². The first-order chi connectivity index (χ1) is 11.0. The van der Waals surface area contributed by atoms with E-state index in [1.54, 1.807) is 0 Å². The van der Waals surface area contributed by atoms with Gasteiger partial charge < -0.3 is 10.4 Å². The van der Waals surface area contributed by atoms with Gasteiger partial charge in [-0.25, -0.2) is 0 Å². The summed E-state index contributed by atoms with van der Waals surface area (Å²) in [6.07, 6.45) is 4.18. The summed E-state index contributed by atoms with van der Waals surface area (Å²) in [6, 6.07) is 6.70. The van der Waals surface area contributed by atoms with E-state index in [2.05, 4.69) is 42.3 Å². The number of nitrogens with zero attached hydrogens (tertiary/aromatic N) is 1. The van der Waals surface area contributed by atoms with Crippen molar-refractivity contribution in [3.05, 3.63) is 34.9 Å². The Hall–Kier alpha value is -1.39. The number of piperidine rings is 1. The predicted molar refractivity (Wildman–Crippen MR) is 93.4 cm³/mol. The number of carbonyl (C=O) groups is 1. The molecule has 1 aromatic carbocycles. The second-order valence-electron chi connectivity index (χ2n) is 6.77. The lowest BCUT2D eigenvalue weighted by atomic mass is 9.99. The average Bonchev–Trinajstić information content (AvgIpc) is 2.52. The lowest BCUT2D eigenvalue weighted by Gasteiger charge is -2.35. The second kappa shape index (κ2) is 8.46. The molecular weight excluding hydrogens is 288 g/mol. The highest BCUT2D eigenvalue weighted by molar-refractivity contribution is 5.78. The molecule has 4 heteroatoms. The molecule has 0 radical (unpaired) electrons. The van der Waals surface area contributed by atoms with Crippen molar-refractivity contribution < 1.29 is 9.90 Å². The lowest BCUT2D eigenvalue weighted by molar-refractivity contribution is -0.123. The first-order valence-corrected chi connectivity index (χ1v) is 8.72. The molecule has 1 fully saturated rings. The van der Waals surface area contributed by atoms with Crippen LogP contribution in [0.3, 0.4) is 0 Å². The molecule has 1 aromatic rings. The largest absolute Gasteiger partial charge is 0.396 e. The van der Waals surface area contributed by atoms with Gasteiger partial charge >= 0.3 is 0 Å². The molecule has 0 saturated carbocycles. The minimum Gasteiger partial charge on any atom is -0.396 e. The number of benzene rings is 1. The first-order valence-electron chi connectivity index (χ1n) is 8.72. The van der Waals surface area contributed by atoms with Crippen LogP contribution in [0.5, 0.6) is 0 Å². The van der Waals surface area contributed by atoms with Crippen molar-refractivity contribution in [3.63, 3.8) is 0 Å². The molecule has 2 N–H and O–H groups in total. The summed E-state index contributed by atoms with van der Waals surface area (Å²) in [7, 11) is 0. The molecule has 2 unspecified atom stereocenters. The predicted octanol–water partition coefficient (Wildman–Crippen LogP) is 2.72. The summed E-state index contributed by atoms with van der Waals surface area (Å²) in [4.78, 5) is 14.6. The standard InChI is InChI=1S/C19H30N2O2/c1-14-7-8-17(12-15(14)2)16(3)20-19(23)13-21-10-5-4-6-18(21)9-11-22/h7-8,12,16,18,22H,4-6,9-11,13H2,1-3H3,(H,20,23). The molecule has 0 aromatic heterocycles. The van der Waals surface area contributed by atoms with E-state index in [-0.39, 0.29) is 18.6 Å². The Morgan fingerprint density at radius 1 is 1.35 bits per heavy atom. The summed E-state index contributed by atoms with van der Waals surface area (Å²) in [6.45, 7) is 7.81. The molecule has 23 heavy (non-hydrogen) atoms. The maximum absolute atomic E-state index is 12.4. The molecule has 128 valence electrons. The number of carbonyl (C=O) groups excluding carboxylic acids is 1. The van der Waals surface area contributed by atoms with Gasteiger partial charge in [0.05, 0.1) is 12.6 Å². The molecule has 0 aliphatic carbocycles. The maximum atomic E-state index is 12.4. The summed E-state index contributed by atoms with van der Waals surface area (Å²) < 4.78 is 0. The Bertz CT molecular complexity index is 528. The Kier molecular flexibility index (Phi) is 6.60. The van der Waals surface area contributed by atoms with Crippen LogP contribution in [-0.4, -0.2) is 41.7 Å². The van der Waals surface area contributed by atoms with Gasteiger partial charge in [0.25, 0.3) is 0 Å². The number of nitrogens with one attached hydrogen (secondary N) is 1. The third-order valence-corrected chi connectivity index (χ3v) is 4.97. The van der Waals surface area contributed by atoms with Crippen molar-refractivity contribution in [2.75, 3.05) is 19.7 Å². The fourth-order valence-electron chi connectivity index (χ4n) is 3.33. The van der Waals surface area contributed by atoms with Crippen LogP contribution in [0.15, 0.2) is 18.2 Å². The van der Waals surface area contributed by atoms with E-state index in [1.165, 1.54) is 17.5 Å². The molecule has 1 saturated heterocycles. The van der Waals surface area contributed by atoms with Crippen LogP contribution in [0.2, 0.25) is 0 Å². The number of likely N-dealkylation sites (tertiary alicyclic amines) is 1. The van der Waals surface area contributed by atoms with Gasteiger partial charge in [-0.1, -0.05) is 24.6 Å². The molecule has 1 heterocycles. The number of hydrogen-bond donors (Lipinski definition) is 2. The lowest BCUT2D eigenvalue weighted by Crippen LogP contribution is -2.46. The Morgan fingerprint density at radius 2 is 2.13 bits per heavy atom. The summed E-state index contributed by atoms with van der Waals surface area (Å²) >= 11 is 0. The minimum absolute atomic E-state index is 0.0166. The van der Waals surface area contributed by atoms with Crippen LogP contribution in [0.25, 0.3) is 0 Å². The zero-order chi connectivity index (χ0) is 16.8. The quantitative estimate of drug-likeness (QED) is 0.848. The number of hydrogen-bond acceptors (Lipinski definition) is 3. The minimum atomic E-state index is 0.0166. The Labute approximate surface area is 139 Å². The van der Waals surface area contributed by atoms with Crippen molar-refractivity contribution in [3.8, 4) is 0 Å². The van der Waals surface area contributed by atoms with E-state index in [9.17, 15) is 9.90 Å². The molecule has 2 atom stereocenters. The van der Waals surface area contributed by atoms with Crippen molar-refractivity contribution >= 4 is 5.91 Å². The van der Waals surface area contributed by atoms with Crippen LogP contribution in [0.1, 0.15) is 55.3 Å². The van der Waals surface area contributed by atoms with Crippen molar-refractivity contribution in [1.82, 2.24) is 10.2 Å². The molecule has 1 amide bonds. The zero-order valence-electron chi connectivity index (χ0n) is 14.6. The van der Waals surface area contributed by atoms with Crippen LogP contribution in [-0.2, 0) is 4.79 Å². The van der Waals surface area contributed by atoms with Crippen molar-refractivity contribution in [2.45, 2.75) is 58.5 Å². The van der Waals surface area contributed by atoms with Crippen LogP contribution >= 0.6 is 0 Å². The van der Waals surface area contributed by atoms with E-state index >= 15 is 0 Å². The van der Waals surface area contributed by atoms with Crippen LogP contribution < -0.4 is 5.32 Å². The summed E-state index contributed by atoms with van der Waals surface area (Å²) in [5, 5.41) is 12.3. The maximum Gasteiger partial charge on any atom is 0.234 e. The van der Waals surface area contributed by atoms with Gasteiger partial charge in [0, 0.05) is 12.6 Å². The Balaban J connectivity index is 1.91. The highest BCUT2D eigenvalue weighted by Crippen LogP contribution is 2.20. The van der Waals surface area contributed by atoms with Gasteiger partial charge in [-0.15, -0.1) is 0 Å². The highest BCUT2D eigenvalue weighted by Gasteiger charge is 2.24. The van der Waals surface area contributed by atoms with E-state index in [0.29, 0.717) is 12.6 Å². The van der Waals surface area contributed by atoms with E-state index in [4.69, 9.17) is 0 Å². The summed E-state index contributed by atoms with van der Waals surface area (Å²) in [5.74, 6) is 0.0700. The molecule has 4 nitrogen and oxygen atoms in total. The third kappa shape index (κ3) is 5.05. The van der Waals surface area contributed by atoms with Crippen molar-refractivity contribution in [1.29, 1.82) is 0 Å². The zero-order valence-corrected chi connectivity index (χ0v) is 14.6. The van der Waals surface area contributed by atoms with Gasteiger partial charge in [0.1, 0.15) is 0 Å². The molecule has 0 spiro atoms. The van der Waals surface area contributed by atoms with Crippen LogP contribution in [0, 0.1) is 13.8 Å². The van der Waals surface area contributed by atoms with E-state index < -0.39 is 0 Å². The smallest absolute Gasteiger partial charge is 0.234 e. The van der Waals surface area contributed by atoms with E-state index in [0.717, 1.165) is 31.4 Å². The van der Waals surface area contributed by atoms with Crippen LogP contribution in [0.4, 0.5) is 0 Å². The van der Waals surface area contributed by atoms with Gasteiger partial charge in [0.15, 0.2) is 0 Å². The molecule has 1 aliphatic heterocycles. The number of rotatable bonds is 6. The van der Waals surface area contributed by atoms with Gasteiger partial charge in [0.2, 0.25) is 5.91 Å². The average molecular weight is 318 g/mol. The number of aliphatic hydroxyl groups is 1. The van der Waals surface area contributed by atoms with Gasteiger partial charge in [-0.3, -0.25) is 9.69 Å². The molecular formula is C19H30N2O2. The fourth-order valence-corrected chi connectivity index (χ4v) is 3.33. The topological polar surface area (TPSA) is 52.6 Å². The third-order valence-electron chi connectivity index (χ3n) is 4.97. The summed E-state index contributed by atoms with van der Waals surface area (Å²) in [5.41, 5.74) is 3.67. The first kappa shape index (κ1) is 18.0. The number of amides is 1. The van der Waals surface area contributed by atoms with Gasteiger partial charge in [-0.05, 0) is 63.3 Å². The fraction of sp³-hybridized carbons (Fsp3) is 0.632. The highest BCUT2D eigenvalue weighted by atomic mass is 16.3. The van der Waals surface area contributed by atoms with E-state index in [1.807, 2.05) is 6.92 Å². The number of aliphatic hydroxyl groups excluding tert-OH is 1. The molecule has 2 rings (SSSR count). The monoisotopic (exact) mass is 318 g/mol. The Morgan fingerprint density at radius 3 is 2.83 bits per heavy atom. The second-order valence-corrected chi connectivity index (χ2v) is 6.77.